The Labute approximate surface area is 159 Å². The van der Waals surface area contributed by atoms with Crippen LogP contribution in [0.4, 0.5) is 4.39 Å². The van der Waals surface area contributed by atoms with Gasteiger partial charge in [-0.3, -0.25) is 9.59 Å². The van der Waals surface area contributed by atoms with Gasteiger partial charge in [0.15, 0.2) is 12.3 Å². The number of rotatable bonds is 6. The molecule has 2 aromatic rings. The lowest BCUT2D eigenvalue weighted by Crippen LogP contribution is -2.84. The first kappa shape index (κ1) is 17.8. The van der Waals surface area contributed by atoms with Crippen molar-refractivity contribution >= 4 is 23.4 Å². The van der Waals surface area contributed by atoms with E-state index in [9.17, 15) is 14.0 Å². The number of aryl methyl sites for hydroxylation is 1. The number of nitrogens with one attached hydrogen (secondary N) is 2. The fraction of sp³-hybridized carbons (Fsp3) is 0.389. The molecule has 142 valence electrons. The number of hydrogen-bond acceptors (Lipinski definition) is 5. The molecule has 3 saturated carbocycles. The molecule has 0 spiro atoms. The minimum absolute atomic E-state index is 0.00575. The second kappa shape index (κ2) is 6.23. The van der Waals surface area contributed by atoms with Gasteiger partial charge < -0.3 is 19.9 Å². The second-order valence-corrected chi connectivity index (χ2v) is 7.69. The second-order valence-electron chi connectivity index (χ2n) is 7.28. The maximum absolute atomic E-state index is 13.4. The first-order chi connectivity index (χ1) is 12.8. The Hall–Kier alpha value is -2.61. The number of benzene rings is 1. The van der Waals surface area contributed by atoms with Crippen molar-refractivity contribution in [2.45, 2.75) is 37.3 Å². The van der Waals surface area contributed by atoms with Gasteiger partial charge in [0.05, 0.1) is 5.02 Å². The van der Waals surface area contributed by atoms with E-state index in [4.69, 9.17) is 20.9 Å². The maximum atomic E-state index is 13.4. The molecular formula is C18H17ClFN3O4. The zero-order valence-electron chi connectivity index (χ0n) is 14.5. The van der Waals surface area contributed by atoms with Crippen LogP contribution in [0.25, 0.3) is 0 Å². The highest BCUT2D eigenvalue weighted by Crippen LogP contribution is 2.60. The van der Waals surface area contributed by atoms with Crippen LogP contribution in [-0.2, 0) is 4.79 Å². The lowest BCUT2D eigenvalue weighted by molar-refractivity contribution is -0.141. The Morgan fingerprint density at radius 3 is 2.59 bits per heavy atom. The highest BCUT2D eigenvalue weighted by atomic mass is 35.5. The third kappa shape index (κ3) is 3.37. The van der Waals surface area contributed by atoms with Crippen LogP contribution in [0.15, 0.2) is 28.8 Å². The summed E-state index contributed by atoms with van der Waals surface area (Å²) >= 11 is 5.60. The SMILES string of the molecule is Cc1cc(C(=O)NC23CC(NC(=O)COc4ccc(Cl)c(F)c4)(C2)C3)no1. The molecule has 1 aromatic heterocycles. The quantitative estimate of drug-likeness (QED) is 0.786. The summed E-state index contributed by atoms with van der Waals surface area (Å²) in [6, 6.07) is 5.58. The molecule has 5 rings (SSSR count). The van der Waals surface area contributed by atoms with Gasteiger partial charge in [0.1, 0.15) is 17.3 Å². The topological polar surface area (TPSA) is 93.5 Å². The van der Waals surface area contributed by atoms with Crippen molar-refractivity contribution < 1.29 is 23.2 Å². The Kier molecular flexibility index (Phi) is 4.10. The molecule has 2 amide bonds. The predicted octanol–water partition coefficient (Wildman–Crippen LogP) is 2.38. The van der Waals surface area contributed by atoms with E-state index in [1.165, 1.54) is 12.1 Å². The van der Waals surface area contributed by atoms with Crippen LogP contribution in [0, 0.1) is 12.7 Å². The normalized spacial score (nSPS) is 25.1. The molecule has 27 heavy (non-hydrogen) atoms. The van der Waals surface area contributed by atoms with Gasteiger partial charge in [-0.15, -0.1) is 0 Å². The van der Waals surface area contributed by atoms with E-state index in [1.807, 2.05) is 0 Å². The summed E-state index contributed by atoms with van der Waals surface area (Å²) in [7, 11) is 0. The zero-order valence-corrected chi connectivity index (χ0v) is 15.2. The van der Waals surface area contributed by atoms with Gasteiger partial charge in [0, 0.05) is 23.2 Å². The monoisotopic (exact) mass is 393 g/mol. The Morgan fingerprint density at radius 1 is 1.26 bits per heavy atom. The summed E-state index contributed by atoms with van der Waals surface area (Å²) in [6.07, 6.45) is 1.97. The van der Waals surface area contributed by atoms with Gasteiger partial charge >= 0.3 is 0 Å². The molecule has 1 heterocycles. The van der Waals surface area contributed by atoms with Crippen LogP contribution in [0.1, 0.15) is 35.5 Å². The van der Waals surface area contributed by atoms with E-state index in [-0.39, 0.29) is 46.0 Å². The average Bonchev–Trinajstić information content (AvgIpc) is 2.99. The summed E-state index contributed by atoms with van der Waals surface area (Å²) < 4.78 is 23.5. The van der Waals surface area contributed by atoms with E-state index in [0.717, 1.165) is 6.07 Å². The third-order valence-corrected chi connectivity index (χ3v) is 5.24. The number of amides is 2. The van der Waals surface area contributed by atoms with Crippen LogP contribution in [0.5, 0.6) is 5.75 Å². The van der Waals surface area contributed by atoms with Crippen LogP contribution >= 0.6 is 11.6 Å². The molecule has 2 bridgehead atoms. The summed E-state index contributed by atoms with van der Waals surface area (Å²) in [6.45, 7) is 1.50. The van der Waals surface area contributed by atoms with E-state index < -0.39 is 5.82 Å². The van der Waals surface area contributed by atoms with Crippen molar-refractivity contribution in [3.05, 3.63) is 46.6 Å². The van der Waals surface area contributed by atoms with Gasteiger partial charge in [-0.1, -0.05) is 16.8 Å². The molecular weight excluding hydrogens is 377 g/mol. The Morgan fingerprint density at radius 2 is 1.96 bits per heavy atom. The standard InChI is InChI=1S/C18H17ClFN3O4/c1-10-4-14(23-27-10)16(25)22-18-7-17(8-18,9-18)21-15(24)6-26-11-2-3-12(19)13(20)5-11/h2-5H,6-9H2,1H3,(H,21,24)(H,22,25). The van der Waals surface area contributed by atoms with Crippen molar-refractivity contribution in [2.75, 3.05) is 6.61 Å². The molecule has 7 nitrogen and oxygen atoms in total. The van der Waals surface area contributed by atoms with Gasteiger partial charge in [-0.25, -0.2) is 4.39 Å². The minimum atomic E-state index is -0.603. The summed E-state index contributed by atoms with van der Waals surface area (Å²) in [5.74, 6) is -0.371. The predicted molar refractivity (Wildman–Crippen MR) is 93.1 cm³/mol. The van der Waals surface area contributed by atoms with E-state index >= 15 is 0 Å². The van der Waals surface area contributed by atoms with Crippen LogP contribution < -0.4 is 15.4 Å². The lowest BCUT2D eigenvalue weighted by atomic mass is 9.44. The van der Waals surface area contributed by atoms with Gasteiger partial charge in [0.25, 0.3) is 11.8 Å². The zero-order chi connectivity index (χ0) is 19.2. The van der Waals surface area contributed by atoms with Crippen molar-refractivity contribution in [2.24, 2.45) is 0 Å². The average molecular weight is 394 g/mol. The summed E-state index contributed by atoms with van der Waals surface area (Å²) in [4.78, 5) is 24.2. The summed E-state index contributed by atoms with van der Waals surface area (Å²) in [5, 5.41) is 9.58. The summed E-state index contributed by atoms with van der Waals surface area (Å²) in [5.41, 5.74) is -0.352. The van der Waals surface area contributed by atoms with Crippen LogP contribution in [0.2, 0.25) is 5.02 Å². The maximum Gasteiger partial charge on any atom is 0.273 e. The Balaban J connectivity index is 1.23. The number of hydrogen-bond donors (Lipinski definition) is 2. The smallest absolute Gasteiger partial charge is 0.273 e. The first-order valence-electron chi connectivity index (χ1n) is 8.43. The first-order valence-corrected chi connectivity index (χ1v) is 8.81. The molecule has 9 heteroatoms. The number of nitrogens with zero attached hydrogens (tertiary/aromatic N) is 1. The van der Waals surface area contributed by atoms with Crippen LogP contribution in [0.3, 0.4) is 0 Å². The molecule has 0 aliphatic heterocycles. The molecule has 0 saturated heterocycles. The largest absolute Gasteiger partial charge is 0.484 e. The number of carbonyl (C=O) groups excluding carboxylic acids is 2. The highest BCUT2D eigenvalue weighted by Gasteiger charge is 2.69. The fourth-order valence-corrected chi connectivity index (χ4v) is 4.00. The molecule has 3 fully saturated rings. The van der Waals surface area contributed by atoms with E-state index in [0.29, 0.717) is 25.0 Å². The van der Waals surface area contributed by atoms with E-state index in [1.54, 1.807) is 13.0 Å². The van der Waals surface area contributed by atoms with Crippen molar-refractivity contribution in [1.29, 1.82) is 0 Å². The number of halogens is 2. The molecule has 2 N–H and O–H groups in total. The molecule has 0 unspecified atom stereocenters. The number of ether oxygens (including phenoxy) is 1. The fourth-order valence-electron chi connectivity index (χ4n) is 3.88. The highest BCUT2D eigenvalue weighted by molar-refractivity contribution is 6.30. The van der Waals surface area contributed by atoms with Gasteiger partial charge in [0.2, 0.25) is 0 Å². The molecule has 3 aliphatic rings. The van der Waals surface area contributed by atoms with Gasteiger partial charge in [-0.2, -0.15) is 0 Å². The van der Waals surface area contributed by atoms with Crippen LogP contribution in [-0.4, -0.2) is 34.7 Å². The number of aromatic nitrogens is 1. The molecule has 1 aromatic carbocycles. The van der Waals surface area contributed by atoms with E-state index in [2.05, 4.69) is 15.8 Å². The van der Waals surface area contributed by atoms with Crippen molar-refractivity contribution in [1.82, 2.24) is 15.8 Å². The third-order valence-electron chi connectivity index (χ3n) is 4.94. The lowest BCUT2D eigenvalue weighted by Gasteiger charge is -2.70. The van der Waals surface area contributed by atoms with Gasteiger partial charge in [-0.05, 0) is 38.3 Å². The molecule has 0 atom stereocenters. The molecule has 3 aliphatic carbocycles. The Bertz CT molecular complexity index is 909. The molecule has 0 radical (unpaired) electrons. The number of carbonyl (C=O) groups is 2. The minimum Gasteiger partial charge on any atom is -0.484 e. The van der Waals surface area contributed by atoms with Crippen molar-refractivity contribution in [3.8, 4) is 5.75 Å². The van der Waals surface area contributed by atoms with Crippen molar-refractivity contribution in [3.63, 3.8) is 0 Å².